The second kappa shape index (κ2) is 6.63. The normalized spacial score (nSPS) is 13.3. The molecule has 7 heteroatoms. The van der Waals surface area contributed by atoms with Crippen LogP contribution in [0.3, 0.4) is 0 Å². The molecule has 0 atom stereocenters. The smallest absolute Gasteiger partial charge is 0.258 e. The molecule has 1 aliphatic rings. The molecule has 29 heavy (non-hydrogen) atoms. The second-order valence-electron chi connectivity index (χ2n) is 7.20. The van der Waals surface area contributed by atoms with Crippen LogP contribution in [-0.4, -0.2) is 15.6 Å². The van der Waals surface area contributed by atoms with Gasteiger partial charge in [0.05, 0.1) is 26.8 Å². The van der Waals surface area contributed by atoms with Gasteiger partial charge in [-0.05, 0) is 56.2 Å². The van der Waals surface area contributed by atoms with Gasteiger partial charge in [0.15, 0.2) is 0 Å². The van der Waals surface area contributed by atoms with Crippen molar-refractivity contribution in [3.8, 4) is 11.1 Å². The maximum Gasteiger partial charge on any atom is 0.278 e. The number of nitro benzene ring substituents is 2. The third-order valence-corrected chi connectivity index (χ3v) is 5.01. The fraction of sp³-hybridized carbons (Fsp3) is 0.136. The summed E-state index contributed by atoms with van der Waals surface area (Å²) < 4.78 is 0. The Hall–Kier alpha value is -3.87. The summed E-state index contributed by atoms with van der Waals surface area (Å²) in [6, 6.07) is 14.1. The molecule has 0 saturated heterocycles. The van der Waals surface area contributed by atoms with Gasteiger partial charge in [-0.3, -0.25) is 20.2 Å². The molecule has 3 aromatic carbocycles. The molecule has 144 valence electrons. The minimum Gasteiger partial charge on any atom is -0.258 e. The number of aliphatic imine (C=N–C) groups is 1. The number of fused-ring (bicyclic) bond motifs is 3. The third-order valence-electron chi connectivity index (χ3n) is 5.01. The molecule has 1 aliphatic carbocycles. The second-order valence-corrected chi connectivity index (χ2v) is 7.20. The van der Waals surface area contributed by atoms with Crippen molar-refractivity contribution in [3.63, 3.8) is 0 Å². The zero-order valence-corrected chi connectivity index (χ0v) is 16.1. The summed E-state index contributed by atoms with van der Waals surface area (Å²) in [7, 11) is 0. The topological polar surface area (TPSA) is 98.6 Å². The van der Waals surface area contributed by atoms with Crippen molar-refractivity contribution in [1.29, 1.82) is 0 Å². The summed E-state index contributed by atoms with van der Waals surface area (Å²) in [5.74, 6) is 0. The number of aryl methyl sites for hydroxylation is 3. The van der Waals surface area contributed by atoms with Gasteiger partial charge >= 0.3 is 0 Å². The first-order valence-corrected chi connectivity index (χ1v) is 9.01. The van der Waals surface area contributed by atoms with Gasteiger partial charge in [-0.2, -0.15) is 0 Å². The standard InChI is InChI=1S/C22H17N3O4/c1-12-5-4-6-15(7-12)23-22-17-10-14(3)19(24(26)27)11-16(17)21-18(22)8-13(2)9-20(21)25(28)29/h4-11H,1-3H3. The molecule has 0 saturated carbocycles. The van der Waals surface area contributed by atoms with Crippen LogP contribution in [-0.2, 0) is 0 Å². The zero-order chi connectivity index (χ0) is 20.9. The van der Waals surface area contributed by atoms with E-state index in [9.17, 15) is 20.2 Å². The highest BCUT2D eigenvalue weighted by molar-refractivity contribution is 6.26. The van der Waals surface area contributed by atoms with E-state index in [1.165, 1.54) is 12.1 Å². The van der Waals surface area contributed by atoms with Gasteiger partial charge in [-0.1, -0.05) is 12.1 Å². The van der Waals surface area contributed by atoms with Crippen molar-refractivity contribution >= 4 is 22.8 Å². The number of nitro groups is 2. The van der Waals surface area contributed by atoms with Crippen molar-refractivity contribution in [2.75, 3.05) is 0 Å². The molecule has 0 heterocycles. The molecule has 3 aromatic rings. The monoisotopic (exact) mass is 387 g/mol. The molecule has 7 nitrogen and oxygen atoms in total. The Morgan fingerprint density at radius 3 is 2.14 bits per heavy atom. The zero-order valence-electron chi connectivity index (χ0n) is 16.1. The van der Waals surface area contributed by atoms with Crippen LogP contribution in [0.2, 0.25) is 0 Å². The van der Waals surface area contributed by atoms with Crippen molar-refractivity contribution < 1.29 is 9.85 Å². The van der Waals surface area contributed by atoms with E-state index in [1.807, 2.05) is 37.3 Å². The van der Waals surface area contributed by atoms with E-state index in [0.29, 0.717) is 33.5 Å². The van der Waals surface area contributed by atoms with Crippen LogP contribution >= 0.6 is 0 Å². The number of benzene rings is 3. The summed E-state index contributed by atoms with van der Waals surface area (Å²) in [6.45, 7) is 5.41. The summed E-state index contributed by atoms with van der Waals surface area (Å²) in [6.07, 6.45) is 0. The minimum atomic E-state index is -0.467. The summed E-state index contributed by atoms with van der Waals surface area (Å²) in [4.78, 5) is 27.1. The molecule has 0 unspecified atom stereocenters. The van der Waals surface area contributed by atoms with Gasteiger partial charge in [0.1, 0.15) is 0 Å². The molecule has 0 bridgehead atoms. The first-order valence-electron chi connectivity index (χ1n) is 9.01. The number of nitrogens with zero attached hydrogens (tertiary/aromatic N) is 3. The maximum atomic E-state index is 11.7. The number of rotatable bonds is 3. The average molecular weight is 387 g/mol. The molecule has 0 aliphatic heterocycles. The SMILES string of the molecule is Cc1cccc(N=C2c3cc(C)c([N+](=O)[O-])cc3-c3c2cc(C)cc3[N+](=O)[O-])c1. The van der Waals surface area contributed by atoms with Crippen LogP contribution in [0.25, 0.3) is 11.1 Å². The van der Waals surface area contributed by atoms with Crippen molar-refractivity contribution in [3.05, 3.63) is 96.6 Å². The molecular formula is C22H17N3O4. The Morgan fingerprint density at radius 1 is 0.759 bits per heavy atom. The lowest BCUT2D eigenvalue weighted by Gasteiger charge is -2.05. The first kappa shape index (κ1) is 18.5. The number of hydrogen-bond acceptors (Lipinski definition) is 5. The lowest BCUT2D eigenvalue weighted by atomic mass is 10.00. The Morgan fingerprint density at radius 2 is 1.48 bits per heavy atom. The summed E-state index contributed by atoms with van der Waals surface area (Å²) in [5.41, 5.74) is 5.55. The molecular weight excluding hydrogens is 370 g/mol. The number of hydrogen-bond donors (Lipinski definition) is 0. The minimum absolute atomic E-state index is 0.0682. The first-order chi connectivity index (χ1) is 13.8. The van der Waals surface area contributed by atoms with Crippen LogP contribution in [0.15, 0.2) is 53.5 Å². The van der Waals surface area contributed by atoms with Gasteiger partial charge in [-0.15, -0.1) is 0 Å². The fourth-order valence-corrected chi connectivity index (χ4v) is 3.77. The van der Waals surface area contributed by atoms with E-state index < -0.39 is 9.85 Å². The highest BCUT2D eigenvalue weighted by Gasteiger charge is 2.34. The summed E-state index contributed by atoms with van der Waals surface area (Å²) in [5, 5.41) is 23.2. The van der Waals surface area contributed by atoms with Crippen LogP contribution in [0.1, 0.15) is 27.8 Å². The van der Waals surface area contributed by atoms with Crippen LogP contribution < -0.4 is 0 Å². The van der Waals surface area contributed by atoms with E-state index in [4.69, 9.17) is 4.99 Å². The Bertz CT molecular complexity index is 1250. The lowest BCUT2D eigenvalue weighted by Crippen LogP contribution is -2.00. The molecule has 0 amide bonds. The predicted octanol–water partition coefficient (Wildman–Crippen LogP) is 5.58. The average Bonchev–Trinajstić information content (AvgIpc) is 2.93. The quantitative estimate of drug-likeness (QED) is 0.338. The van der Waals surface area contributed by atoms with Gasteiger partial charge in [-0.25, -0.2) is 4.99 Å². The highest BCUT2D eigenvalue weighted by Crippen LogP contribution is 2.46. The van der Waals surface area contributed by atoms with Gasteiger partial charge in [0.2, 0.25) is 0 Å². The predicted molar refractivity (Wildman–Crippen MR) is 111 cm³/mol. The van der Waals surface area contributed by atoms with Gasteiger partial charge < -0.3 is 0 Å². The van der Waals surface area contributed by atoms with Crippen LogP contribution in [0.5, 0.6) is 0 Å². The Labute approximate surface area is 166 Å². The highest BCUT2D eigenvalue weighted by atomic mass is 16.6. The largest absolute Gasteiger partial charge is 0.278 e. The Kier molecular flexibility index (Phi) is 4.23. The van der Waals surface area contributed by atoms with Crippen LogP contribution in [0, 0.1) is 41.0 Å². The molecule has 0 aromatic heterocycles. The van der Waals surface area contributed by atoms with Gasteiger partial charge in [0, 0.05) is 34.4 Å². The fourth-order valence-electron chi connectivity index (χ4n) is 3.77. The van der Waals surface area contributed by atoms with Crippen LogP contribution in [0.4, 0.5) is 17.1 Å². The lowest BCUT2D eigenvalue weighted by molar-refractivity contribution is -0.385. The summed E-state index contributed by atoms with van der Waals surface area (Å²) >= 11 is 0. The Balaban J connectivity index is 2.10. The maximum absolute atomic E-state index is 11.7. The molecule has 0 N–H and O–H groups in total. The van der Waals surface area contributed by atoms with Crippen molar-refractivity contribution in [2.45, 2.75) is 20.8 Å². The van der Waals surface area contributed by atoms with E-state index in [-0.39, 0.29) is 11.4 Å². The molecule has 4 rings (SSSR count). The van der Waals surface area contributed by atoms with Gasteiger partial charge in [0.25, 0.3) is 11.4 Å². The van der Waals surface area contributed by atoms with Crippen molar-refractivity contribution in [1.82, 2.24) is 0 Å². The van der Waals surface area contributed by atoms with E-state index in [2.05, 4.69) is 0 Å². The molecule has 0 radical (unpaired) electrons. The molecule has 0 spiro atoms. The van der Waals surface area contributed by atoms with E-state index >= 15 is 0 Å². The van der Waals surface area contributed by atoms with E-state index in [0.717, 1.165) is 16.8 Å². The third kappa shape index (κ3) is 3.06. The van der Waals surface area contributed by atoms with E-state index in [1.54, 1.807) is 19.9 Å². The molecule has 0 fully saturated rings. The van der Waals surface area contributed by atoms with Crippen molar-refractivity contribution in [2.24, 2.45) is 4.99 Å².